The third kappa shape index (κ3) is 4.27. The van der Waals surface area contributed by atoms with E-state index in [2.05, 4.69) is 16.8 Å². The molecule has 1 heterocycles. The van der Waals surface area contributed by atoms with Crippen LogP contribution in [-0.2, 0) is 5.75 Å². The maximum Gasteiger partial charge on any atom is 0.150 e. The minimum absolute atomic E-state index is 0.0896. The van der Waals surface area contributed by atoms with Crippen LogP contribution in [0.3, 0.4) is 0 Å². The molecule has 0 aliphatic heterocycles. The van der Waals surface area contributed by atoms with Gasteiger partial charge in [0.05, 0.1) is 13.7 Å². The van der Waals surface area contributed by atoms with Gasteiger partial charge in [0.25, 0.3) is 0 Å². The highest BCUT2D eigenvalue weighted by molar-refractivity contribution is 8.00. The van der Waals surface area contributed by atoms with E-state index in [1.807, 2.05) is 23.6 Å². The minimum atomic E-state index is 0.0896. The molecule has 0 spiro atoms. The number of aliphatic hydroxyl groups excluding tert-OH is 1. The number of aromatic nitrogens is 1. The summed E-state index contributed by atoms with van der Waals surface area (Å²) in [5.74, 6) is 7.68. The van der Waals surface area contributed by atoms with E-state index in [1.54, 1.807) is 36.4 Å². The van der Waals surface area contributed by atoms with Crippen molar-refractivity contribution in [3.63, 3.8) is 0 Å². The Bertz CT molecular complexity index is 600. The zero-order valence-corrected chi connectivity index (χ0v) is 12.8. The first-order valence-corrected chi connectivity index (χ1v) is 7.99. The highest BCUT2D eigenvalue weighted by Gasteiger charge is 2.05. The average Bonchev–Trinajstić information content (AvgIpc) is 2.99. The van der Waals surface area contributed by atoms with Crippen molar-refractivity contribution in [3.8, 4) is 17.6 Å². The van der Waals surface area contributed by atoms with E-state index in [0.717, 1.165) is 27.0 Å². The molecule has 0 saturated heterocycles. The molecule has 104 valence electrons. The van der Waals surface area contributed by atoms with E-state index in [4.69, 9.17) is 9.84 Å². The molecule has 20 heavy (non-hydrogen) atoms. The van der Waals surface area contributed by atoms with Crippen LogP contribution in [0.1, 0.15) is 17.5 Å². The zero-order valence-electron chi connectivity index (χ0n) is 11.1. The molecule has 0 bridgehead atoms. The van der Waals surface area contributed by atoms with Crippen LogP contribution in [0.15, 0.2) is 34.1 Å². The molecule has 0 aliphatic rings. The van der Waals surface area contributed by atoms with Crippen molar-refractivity contribution in [2.75, 3.05) is 13.7 Å². The number of benzene rings is 1. The molecule has 1 N–H and O–H groups in total. The van der Waals surface area contributed by atoms with Gasteiger partial charge in [0.15, 0.2) is 0 Å². The molecule has 0 aliphatic carbocycles. The monoisotopic (exact) mass is 305 g/mol. The van der Waals surface area contributed by atoms with Crippen molar-refractivity contribution >= 4 is 23.1 Å². The smallest absolute Gasteiger partial charge is 0.150 e. The summed E-state index contributed by atoms with van der Waals surface area (Å²) in [6.45, 7) is 0.0896. The van der Waals surface area contributed by atoms with Gasteiger partial charge in [0.1, 0.15) is 10.1 Å². The average molecular weight is 305 g/mol. The number of ether oxygens (including phenoxy) is 1. The third-order valence-electron chi connectivity index (χ3n) is 2.53. The van der Waals surface area contributed by atoms with Crippen LogP contribution in [0, 0.1) is 11.8 Å². The molecule has 2 rings (SSSR count). The summed E-state index contributed by atoms with van der Waals surface area (Å²) in [5, 5.41) is 10.8. The van der Waals surface area contributed by atoms with Gasteiger partial charge in [-0.25, -0.2) is 4.98 Å². The predicted octanol–water partition coefficient (Wildman–Crippen LogP) is 3.18. The van der Waals surface area contributed by atoms with Crippen LogP contribution in [0.5, 0.6) is 5.75 Å². The Balaban J connectivity index is 2.16. The Morgan fingerprint density at radius 2 is 2.35 bits per heavy atom. The second-order valence-electron chi connectivity index (χ2n) is 3.89. The normalized spacial score (nSPS) is 9.90. The summed E-state index contributed by atoms with van der Waals surface area (Å²) < 4.78 is 6.31. The first-order valence-electron chi connectivity index (χ1n) is 6.12. The first-order chi connectivity index (χ1) is 9.83. The van der Waals surface area contributed by atoms with Gasteiger partial charge in [0.2, 0.25) is 0 Å². The number of hydrogen-bond donors (Lipinski definition) is 1. The fourth-order valence-corrected chi connectivity index (χ4v) is 3.20. The van der Waals surface area contributed by atoms with E-state index < -0.39 is 0 Å². The molecular weight excluding hydrogens is 290 g/mol. The fraction of sp³-hybridized carbons (Fsp3) is 0.267. The number of rotatable bonds is 5. The molecule has 0 radical (unpaired) electrons. The number of aliphatic hydroxyl groups is 1. The molecular formula is C15H15NO2S2. The van der Waals surface area contributed by atoms with E-state index >= 15 is 0 Å². The second-order valence-corrected chi connectivity index (χ2v) is 6.00. The van der Waals surface area contributed by atoms with Gasteiger partial charge in [-0.05, 0) is 23.8 Å². The largest absolute Gasteiger partial charge is 0.497 e. The molecule has 3 nitrogen and oxygen atoms in total. The molecule has 2 aromatic rings. The summed E-state index contributed by atoms with van der Waals surface area (Å²) in [5.41, 5.74) is 2.10. The predicted molar refractivity (Wildman–Crippen MR) is 83.2 cm³/mol. The summed E-state index contributed by atoms with van der Waals surface area (Å²) in [6.07, 6.45) is 2.30. The van der Waals surface area contributed by atoms with Crippen LogP contribution in [0.2, 0.25) is 0 Å². The second kappa shape index (κ2) is 7.95. The standard InChI is InChI=1S/C15H15NO2S2/c1-18-14-6-5-12(4-2-3-8-17)13(10-14)11-20-15-16-7-9-19-15/h5-7,9-10,17H,3,8,11H2,1H3. The van der Waals surface area contributed by atoms with Crippen molar-refractivity contribution in [2.24, 2.45) is 0 Å². The third-order valence-corrected chi connectivity index (χ3v) is 4.55. The summed E-state index contributed by atoms with van der Waals surface area (Å²) in [6, 6.07) is 5.87. The topological polar surface area (TPSA) is 42.4 Å². The van der Waals surface area contributed by atoms with Gasteiger partial charge in [-0.3, -0.25) is 0 Å². The molecule has 0 amide bonds. The van der Waals surface area contributed by atoms with Crippen molar-refractivity contribution in [1.82, 2.24) is 4.98 Å². The number of thioether (sulfide) groups is 1. The molecule has 0 atom stereocenters. The van der Waals surface area contributed by atoms with Gasteiger partial charge >= 0.3 is 0 Å². The van der Waals surface area contributed by atoms with Gasteiger partial charge in [-0.15, -0.1) is 11.3 Å². The Kier molecular flexibility index (Phi) is 5.93. The number of hydrogen-bond acceptors (Lipinski definition) is 5. The number of thiazole rings is 1. The molecule has 0 unspecified atom stereocenters. The lowest BCUT2D eigenvalue weighted by Gasteiger charge is -2.06. The van der Waals surface area contributed by atoms with Gasteiger partial charge in [-0.1, -0.05) is 23.6 Å². The highest BCUT2D eigenvalue weighted by atomic mass is 32.2. The molecule has 0 saturated carbocycles. The molecule has 5 heteroatoms. The first kappa shape index (κ1) is 14.9. The lowest BCUT2D eigenvalue weighted by molar-refractivity contribution is 0.305. The van der Waals surface area contributed by atoms with Crippen LogP contribution >= 0.6 is 23.1 Å². The Morgan fingerprint density at radius 3 is 3.05 bits per heavy atom. The SMILES string of the molecule is COc1ccc(C#CCCO)c(CSc2nccs2)c1. The Morgan fingerprint density at radius 1 is 1.45 bits per heavy atom. The maximum atomic E-state index is 8.79. The van der Waals surface area contributed by atoms with E-state index in [-0.39, 0.29) is 6.61 Å². The van der Waals surface area contributed by atoms with Gasteiger partial charge in [0, 0.05) is 29.3 Å². The molecule has 1 aromatic heterocycles. The van der Waals surface area contributed by atoms with E-state index in [0.29, 0.717) is 6.42 Å². The van der Waals surface area contributed by atoms with Crippen LogP contribution in [0.4, 0.5) is 0 Å². The fourth-order valence-electron chi connectivity index (χ4n) is 1.57. The van der Waals surface area contributed by atoms with Crippen molar-refractivity contribution in [2.45, 2.75) is 16.5 Å². The lowest BCUT2D eigenvalue weighted by Crippen LogP contribution is -1.91. The van der Waals surface area contributed by atoms with Crippen molar-refractivity contribution in [3.05, 3.63) is 40.9 Å². The van der Waals surface area contributed by atoms with Crippen LogP contribution in [-0.4, -0.2) is 23.8 Å². The van der Waals surface area contributed by atoms with Crippen molar-refractivity contribution in [1.29, 1.82) is 0 Å². The van der Waals surface area contributed by atoms with E-state index in [9.17, 15) is 0 Å². The number of methoxy groups -OCH3 is 1. The van der Waals surface area contributed by atoms with Crippen molar-refractivity contribution < 1.29 is 9.84 Å². The summed E-state index contributed by atoms with van der Waals surface area (Å²) >= 11 is 3.32. The lowest BCUT2D eigenvalue weighted by atomic mass is 10.1. The Hall–Kier alpha value is -1.48. The van der Waals surface area contributed by atoms with Gasteiger partial charge in [-0.2, -0.15) is 0 Å². The zero-order chi connectivity index (χ0) is 14.2. The van der Waals surface area contributed by atoms with E-state index in [1.165, 1.54) is 0 Å². The molecule has 1 aromatic carbocycles. The van der Waals surface area contributed by atoms with Crippen LogP contribution in [0.25, 0.3) is 0 Å². The quantitative estimate of drug-likeness (QED) is 0.680. The van der Waals surface area contributed by atoms with Gasteiger partial charge < -0.3 is 9.84 Å². The van der Waals surface area contributed by atoms with Crippen LogP contribution < -0.4 is 4.74 Å². The molecule has 0 fully saturated rings. The number of nitrogens with zero attached hydrogens (tertiary/aromatic N) is 1. The Labute approximate surface area is 127 Å². The highest BCUT2D eigenvalue weighted by Crippen LogP contribution is 2.27. The summed E-state index contributed by atoms with van der Waals surface area (Å²) in [7, 11) is 1.66. The maximum absolute atomic E-state index is 8.79. The summed E-state index contributed by atoms with van der Waals surface area (Å²) in [4.78, 5) is 4.26. The minimum Gasteiger partial charge on any atom is -0.497 e.